The summed E-state index contributed by atoms with van der Waals surface area (Å²) < 4.78 is 5.53. The Labute approximate surface area is 117 Å². The molecule has 100 valence electrons. The van der Waals surface area contributed by atoms with Gasteiger partial charge in [0.1, 0.15) is 6.26 Å². The summed E-state index contributed by atoms with van der Waals surface area (Å²) in [6.07, 6.45) is 1.73. The van der Waals surface area contributed by atoms with Gasteiger partial charge in [-0.3, -0.25) is 4.90 Å². The Kier molecular flexibility index (Phi) is 3.55. The summed E-state index contributed by atoms with van der Waals surface area (Å²) in [6, 6.07) is 8.12. The topological polar surface area (TPSA) is 41.3 Å². The van der Waals surface area contributed by atoms with Gasteiger partial charge in [0, 0.05) is 36.3 Å². The Hall–Kier alpha value is -1.36. The van der Waals surface area contributed by atoms with E-state index < -0.39 is 0 Å². The van der Waals surface area contributed by atoms with Crippen LogP contribution in [0.1, 0.15) is 5.69 Å². The lowest BCUT2D eigenvalue weighted by atomic mass is 10.1. The molecule has 1 fully saturated rings. The molecule has 1 aromatic heterocycles. The predicted octanol–water partition coefficient (Wildman–Crippen LogP) is 2.40. The van der Waals surface area contributed by atoms with Crippen LogP contribution in [0.4, 0.5) is 0 Å². The van der Waals surface area contributed by atoms with E-state index in [9.17, 15) is 0 Å². The van der Waals surface area contributed by atoms with Gasteiger partial charge in [0.25, 0.3) is 0 Å². The van der Waals surface area contributed by atoms with E-state index in [1.807, 2.05) is 24.3 Å². The Bertz CT molecular complexity index is 548. The average Bonchev–Trinajstić information content (AvgIpc) is 2.76. The summed E-state index contributed by atoms with van der Waals surface area (Å²) in [5, 5.41) is 3.98. The van der Waals surface area contributed by atoms with Crippen LogP contribution in [-0.2, 0) is 6.54 Å². The van der Waals surface area contributed by atoms with Crippen LogP contribution in [0.2, 0.25) is 5.02 Å². The molecule has 0 unspecified atom stereocenters. The van der Waals surface area contributed by atoms with Gasteiger partial charge in [0.05, 0.1) is 5.69 Å². The largest absolute Gasteiger partial charge is 0.444 e. The van der Waals surface area contributed by atoms with Crippen molar-refractivity contribution < 1.29 is 4.42 Å². The Morgan fingerprint density at radius 2 is 2.11 bits per heavy atom. The van der Waals surface area contributed by atoms with Gasteiger partial charge in [-0.05, 0) is 31.3 Å². The highest BCUT2D eigenvalue weighted by molar-refractivity contribution is 6.30. The van der Waals surface area contributed by atoms with Crippen LogP contribution in [0, 0.1) is 0 Å². The van der Waals surface area contributed by atoms with Gasteiger partial charge in [0.2, 0.25) is 5.89 Å². The number of rotatable bonds is 4. The van der Waals surface area contributed by atoms with E-state index in [-0.39, 0.29) is 0 Å². The quantitative estimate of drug-likeness (QED) is 0.932. The first-order chi connectivity index (χ1) is 9.22. The fraction of sp³-hybridized carbons (Fsp3) is 0.357. The fourth-order valence-corrected chi connectivity index (χ4v) is 2.20. The molecule has 0 amide bonds. The Morgan fingerprint density at radius 1 is 1.37 bits per heavy atom. The smallest absolute Gasteiger partial charge is 0.226 e. The summed E-state index contributed by atoms with van der Waals surface area (Å²) in [7, 11) is 2.11. The molecule has 1 N–H and O–H groups in total. The van der Waals surface area contributed by atoms with Crippen molar-refractivity contribution in [2.45, 2.75) is 12.6 Å². The maximum absolute atomic E-state index is 5.87. The van der Waals surface area contributed by atoms with E-state index in [0.717, 1.165) is 30.9 Å². The predicted molar refractivity (Wildman–Crippen MR) is 75.1 cm³/mol. The average molecular weight is 278 g/mol. The number of hydrogen-bond acceptors (Lipinski definition) is 4. The lowest BCUT2D eigenvalue weighted by Gasteiger charge is -2.35. The minimum atomic E-state index is 0.607. The molecule has 4 nitrogen and oxygen atoms in total. The number of oxazole rings is 1. The molecule has 5 heteroatoms. The molecule has 0 aliphatic carbocycles. The van der Waals surface area contributed by atoms with Crippen LogP contribution in [0.3, 0.4) is 0 Å². The molecule has 0 radical (unpaired) electrons. The molecule has 3 rings (SSSR count). The third-order valence-electron chi connectivity index (χ3n) is 3.44. The molecule has 0 saturated carbocycles. The van der Waals surface area contributed by atoms with E-state index in [4.69, 9.17) is 16.0 Å². The summed E-state index contributed by atoms with van der Waals surface area (Å²) in [4.78, 5) is 6.81. The summed E-state index contributed by atoms with van der Waals surface area (Å²) in [6.45, 7) is 2.92. The fourth-order valence-electron chi connectivity index (χ4n) is 2.07. The molecule has 1 saturated heterocycles. The SMILES string of the molecule is CN(Cc1coc(-c2ccc(Cl)cc2)n1)C1CNC1. The van der Waals surface area contributed by atoms with Crippen molar-refractivity contribution in [1.82, 2.24) is 15.2 Å². The first-order valence-electron chi connectivity index (χ1n) is 6.33. The van der Waals surface area contributed by atoms with Gasteiger partial charge in [-0.15, -0.1) is 0 Å². The number of halogens is 1. The number of nitrogens with one attached hydrogen (secondary N) is 1. The van der Waals surface area contributed by atoms with Crippen LogP contribution in [0.15, 0.2) is 34.9 Å². The number of nitrogens with zero attached hydrogens (tertiary/aromatic N) is 2. The Morgan fingerprint density at radius 3 is 2.74 bits per heavy atom. The summed E-state index contributed by atoms with van der Waals surface area (Å²) >= 11 is 5.87. The summed E-state index contributed by atoms with van der Waals surface area (Å²) in [5.74, 6) is 0.645. The second-order valence-corrected chi connectivity index (χ2v) is 5.31. The van der Waals surface area contributed by atoms with Crippen molar-refractivity contribution in [3.63, 3.8) is 0 Å². The maximum atomic E-state index is 5.87. The molecule has 2 heterocycles. The van der Waals surface area contributed by atoms with Gasteiger partial charge in [0.15, 0.2) is 0 Å². The van der Waals surface area contributed by atoms with Crippen LogP contribution in [0.25, 0.3) is 11.5 Å². The molecule has 1 aliphatic rings. The highest BCUT2D eigenvalue weighted by Crippen LogP contribution is 2.21. The molecule has 0 spiro atoms. The number of benzene rings is 1. The molecular weight excluding hydrogens is 262 g/mol. The third kappa shape index (κ3) is 2.81. The first-order valence-corrected chi connectivity index (χ1v) is 6.71. The van der Waals surface area contributed by atoms with Crippen LogP contribution in [-0.4, -0.2) is 36.1 Å². The monoisotopic (exact) mass is 277 g/mol. The van der Waals surface area contributed by atoms with E-state index in [1.165, 1.54) is 0 Å². The van der Waals surface area contributed by atoms with Gasteiger partial charge in [-0.2, -0.15) is 0 Å². The van der Waals surface area contributed by atoms with Crippen LogP contribution < -0.4 is 5.32 Å². The highest BCUT2D eigenvalue weighted by Gasteiger charge is 2.22. The first kappa shape index (κ1) is 12.7. The Balaban J connectivity index is 1.70. The number of aromatic nitrogens is 1. The van der Waals surface area contributed by atoms with E-state index in [1.54, 1.807) is 6.26 Å². The molecule has 0 atom stereocenters. The zero-order valence-electron chi connectivity index (χ0n) is 10.8. The lowest BCUT2D eigenvalue weighted by molar-refractivity contribution is 0.171. The van der Waals surface area contributed by atoms with Crippen LogP contribution >= 0.6 is 11.6 Å². The molecule has 1 aromatic carbocycles. The zero-order valence-corrected chi connectivity index (χ0v) is 11.5. The number of hydrogen-bond donors (Lipinski definition) is 1. The second kappa shape index (κ2) is 5.33. The van der Waals surface area contributed by atoms with Crippen molar-refractivity contribution in [1.29, 1.82) is 0 Å². The standard InChI is InChI=1S/C14H16ClN3O/c1-18(13-6-16-7-13)8-12-9-19-14(17-12)10-2-4-11(15)5-3-10/h2-5,9,13,16H,6-8H2,1H3. The maximum Gasteiger partial charge on any atom is 0.226 e. The molecule has 2 aromatic rings. The van der Waals surface area contributed by atoms with E-state index >= 15 is 0 Å². The highest BCUT2D eigenvalue weighted by atomic mass is 35.5. The zero-order chi connectivity index (χ0) is 13.2. The number of likely N-dealkylation sites (N-methyl/N-ethyl adjacent to an activating group) is 1. The van der Waals surface area contributed by atoms with Crippen molar-refractivity contribution in [3.05, 3.63) is 41.2 Å². The minimum Gasteiger partial charge on any atom is -0.444 e. The van der Waals surface area contributed by atoms with Gasteiger partial charge in [-0.25, -0.2) is 4.98 Å². The van der Waals surface area contributed by atoms with Gasteiger partial charge < -0.3 is 9.73 Å². The normalized spacial score (nSPS) is 15.7. The van der Waals surface area contributed by atoms with Crippen molar-refractivity contribution in [3.8, 4) is 11.5 Å². The molecular formula is C14H16ClN3O. The molecule has 1 aliphatic heterocycles. The molecule has 0 bridgehead atoms. The summed E-state index contributed by atoms with van der Waals surface area (Å²) in [5.41, 5.74) is 1.91. The minimum absolute atomic E-state index is 0.607. The van der Waals surface area contributed by atoms with Crippen molar-refractivity contribution in [2.24, 2.45) is 0 Å². The lowest BCUT2D eigenvalue weighted by Crippen LogP contribution is -2.55. The van der Waals surface area contributed by atoms with E-state index in [0.29, 0.717) is 17.0 Å². The molecule has 19 heavy (non-hydrogen) atoms. The van der Waals surface area contributed by atoms with Gasteiger partial charge in [-0.1, -0.05) is 11.6 Å². The van der Waals surface area contributed by atoms with Crippen LogP contribution in [0.5, 0.6) is 0 Å². The second-order valence-electron chi connectivity index (χ2n) is 4.88. The van der Waals surface area contributed by atoms with Gasteiger partial charge >= 0.3 is 0 Å². The van der Waals surface area contributed by atoms with Crippen molar-refractivity contribution in [2.75, 3.05) is 20.1 Å². The van der Waals surface area contributed by atoms with Crippen molar-refractivity contribution >= 4 is 11.6 Å². The third-order valence-corrected chi connectivity index (χ3v) is 3.69. The van der Waals surface area contributed by atoms with E-state index in [2.05, 4.69) is 22.2 Å².